The molecule has 0 amide bonds. The topological polar surface area (TPSA) is 29.4 Å². The zero-order chi connectivity index (χ0) is 15.4. The largest absolute Gasteiger partial charge is 0.497 e. The third-order valence-electron chi connectivity index (χ3n) is 4.64. The lowest BCUT2D eigenvalue weighted by Crippen LogP contribution is -2.43. The maximum atomic E-state index is 5.40. The van der Waals surface area contributed by atoms with Gasteiger partial charge in [-0.15, -0.1) is 0 Å². The summed E-state index contributed by atoms with van der Waals surface area (Å²) in [6.45, 7) is 9.05. The van der Waals surface area contributed by atoms with E-state index in [1.165, 1.54) is 42.5 Å². The molecule has 2 heterocycles. The summed E-state index contributed by atoms with van der Waals surface area (Å²) in [6, 6.07) is 6.41. The van der Waals surface area contributed by atoms with Crippen LogP contribution in [0, 0.1) is 0 Å². The minimum Gasteiger partial charge on any atom is -0.497 e. The molecule has 1 aliphatic heterocycles. The zero-order valence-electron chi connectivity index (χ0n) is 13.8. The summed E-state index contributed by atoms with van der Waals surface area (Å²) in [4.78, 5) is 2.57. The van der Waals surface area contributed by atoms with Crippen molar-refractivity contribution in [3.63, 3.8) is 0 Å². The molecule has 0 spiro atoms. The highest BCUT2D eigenvalue weighted by atomic mass is 16.5. The molecule has 1 aromatic heterocycles. The van der Waals surface area contributed by atoms with Gasteiger partial charge in [0.05, 0.1) is 7.11 Å². The molecule has 0 unspecified atom stereocenters. The van der Waals surface area contributed by atoms with Crippen molar-refractivity contribution < 1.29 is 4.74 Å². The molecule has 0 atom stereocenters. The van der Waals surface area contributed by atoms with Crippen LogP contribution in [-0.4, -0.2) is 49.3 Å². The highest BCUT2D eigenvalue weighted by Gasteiger charge is 2.11. The van der Waals surface area contributed by atoms with Gasteiger partial charge in [-0.05, 0) is 50.1 Å². The highest BCUT2D eigenvalue weighted by molar-refractivity contribution is 5.85. The Morgan fingerprint density at radius 2 is 2.05 bits per heavy atom. The van der Waals surface area contributed by atoms with Gasteiger partial charge in [0.15, 0.2) is 0 Å². The second kappa shape index (κ2) is 7.16. The van der Waals surface area contributed by atoms with Gasteiger partial charge in [0, 0.05) is 49.8 Å². The number of rotatable bonds is 6. The number of hydrogen-bond acceptors (Lipinski definition) is 3. The molecule has 0 radical (unpaired) electrons. The van der Waals surface area contributed by atoms with E-state index >= 15 is 0 Å². The lowest BCUT2D eigenvalue weighted by atomic mass is 10.1. The molecule has 22 heavy (non-hydrogen) atoms. The van der Waals surface area contributed by atoms with Crippen LogP contribution in [-0.2, 0) is 13.0 Å². The van der Waals surface area contributed by atoms with Gasteiger partial charge in [-0.2, -0.15) is 0 Å². The predicted octanol–water partition coefficient (Wildman–Crippen LogP) is 2.51. The molecular formula is C18H27N3O. The average Bonchev–Trinajstić information content (AvgIpc) is 2.93. The smallest absolute Gasteiger partial charge is 0.119 e. The Labute approximate surface area is 133 Å². The lowest BCUT2D eigenvalue weighted by Gasteiger charge is -2.26. The van der Waals surface area contributed by atoms with Crippen LogP contribution in [0.3, 0.4) is 0 Å². The average molecular weight is 301 g/mol. The molecular weight excluding hydrogens is 274 g/mol. The summed E-state index contributed by atoms with van der Waals surface area (Å²) in [6.07, 6.45) is 4.68. The van der Waals surface area contributed by atoms with Crippen molar-refractivity contribution in [1.29, 1.82) is 0 Å². The van der Waals surface area contributed by atoms with E-state index in [9.17, 15) is 0 Å². The SMILES string of the molecule is CCn1cc(CCCN2CCNCC2)c2cc(OC)ccc21. The van der Waals surface area contributed by atoms with E-state index in [0.29, 0.717) is 0 Å². The van der Waals surface area contributed by atoms with Crippen molar-refractivity contribution in [3.8, 4) is 5.75 Å². The fraction of sp³-hybridized carbons (Fsp3) is 0.556. The number of benzene rings is 1. The van der Waals surface area contributed by atoms with Crippen molar-refractivity contribution in [1.82, 2.24) is 14.8 Å². The maximum Gasteiger partial charge on any atom is 0.119 e. The van der Waals surface area contributed by atoms with E-state index in [4.69, 9.17) is 4.74 Å². The fourth-order valence-electron chi connectivity index (χ4n) is 3.37. The van der Waals surface area contributed by atoms with Gasteiger partial charge in [0.2, 0.25) is 0 Å². The highest BCUT2D eigenvalue weighted by Crippen LogP contribution is 2.27. The molecule has 0 saturated carbocycles. The molecule has 1 aromatic carbocycles. The van der Waals surface area contributed by atoms with Gasteiger partial charge >= 0.3 is 0 Å². The molecule has 4 heteroatoms. The molecule has 120 valence electrons. The number of aromatic nitrogens is 1. The molecule has 0 bridgehead atoms. The Morgan fingerprint density at radius 3 is 2.77 bits per heavy atom. The number of nitrogens with zero attached hydrogens (tertiary/aromatic N) is 2. The van der Waals surface area contributed by atoms with Crippen LogP contribution in [0.2, 0.25) is 0 Å². The molecule has 3 rings (SSSR count). The van der Waals surface area contributed by atoms with Gasteiger partial charge in [-0.3, -0.25) is 0 Å². The van der Waals surface area contributed by atoms with E-state index in [0.717, 1.165) is 31.8 Å². The van der Waals surface area contributed by atoms with Gasteiger partial charge in [0.1, 0.15) is 5.75 Å². The number of hydrogen-bond donors (Lipinski definition) is 1. The van der Waals surface area contributed by atoms with Crippen molar-refractivity contribution in [3.05, 3.63) is 30.0 Å². The first-order chi connectivity index (χ1) is 10.8. The van der Waals surface area contributed by atoms with Crippen LogP contribution in [0.25, 0.3) is 10.9 Å². The third-order valence-corrected chi connectivity index (χ3v) is 4.64. The Kier molecular flexibility index (Phi) is 5.01. The molecule has 2 aromatic rings. The first kappa shape index (κ1) is 15.4. The predicted molar refractivity (Wildman–Crippen MR) is 91.8 cm³/mol. The molecule has 1 aliphatic rings. The van der Waals surface area contributed by atoms with Crippen LogP contribution in [0.15, 0.2) is 24.4 Å². The summed E-state index contributed by atoms with van der Waals surface area (Å²) >= 11 is 0. The second-order valence-electron chi connectivity index (χ2n) is 6.02. The van der Waals surface area contributed by atoms with Crippen LogP contribution >= 0.6 is 0 Å². The first-order valence-corrected chi connectivity index (χ1v) is 8.40. The van der Waals surface area contributed by atoms with E-state index in [2.05, 4.69) is 46.1 Å². The molecule has 1 saturated heterocycles. The molecule has 1 N–H and O–H groups in total. The molecule has 4 nitrogen and oxygen atoms in total. The Balaban J connectivity index is 1.71. The second-order valence-corrected chi connectivity index (χ2v) is 6.02. The summed E-state index contributed by atoms with van der Waals surface area (Å²) in [5.41, 5.74) is 2.77. The number of nitrogens with one attached hydrogen (secondary N) is 1. The van der Waals surface area contributed by atoms with Crippen molar-refractivity contribution in [2.75, 3.05) is 39.8 Å². The standard InChI is InChI=1S/C18H27N3O/c1-3-21-14-15(5-4-10-20-11-8-19-9-12-20)17-13-16(22-2)6-7-18(17)21/h6-7,13-14,19H,3-5,8-12H2,1-2H3. The number of aryl methyl sites for hydroxylation is 2. The Hall–Kier alpha value is -1.52. The van der Waals surface area contributed by atoms with Crippen LogP contribution < -0.4 is 10.1 Å². The molecule has 0 aliphatic carbocycles. The summed E-state index contributed by atoms with van der Waals surface area (Å²) in [7, 11) is 1.74. The van der Waals surface area contributed by atoms with Crippen molar-refractivity contribution in [2.24, 2.45) is 0 Å². The number of ether oxygens (including phenoxy) is 1. The van der Waals surface area contributed by atoms with E-state index in [1.807, 2.05) is 0 Å². The summed E-state index contributed by atoms with van der Waals surface area (Å²) in [5, 5.41) is 4.76. The monoisotopic (exact) mass is 301 g/mol. The van der Waals surface area contributed by atoms with Crippen molar-refractivity contribution in [2.45, 2.75) is 26.3 Å². The van der Waals surface area contributed by atoms with Gasteiger partial charge in [0.25, 0.3) is 0 Å². The Bertz CT molecular complexity index is 614. The normalized spacial score (nSPS) is 16.3. The lowest BCUT2D eigenvalue weighted by molar-refractivity contribution is 0.238. The minimum absolute atomic E-state index is 0.949. The van der Waals surface area contributed by atoms with Crippen molar-refractivity contribution >= 4 is 10.9 Å². The van der Waals surface area contributed by atoms with Crippen LogP contribution in [0.1, 0.15) is 18.9 Å². The van der Waals surface area contributed by atoms with Crippen LogP contribution in [0.5, 0.6) is 5.75 Å². The van der Waals surface area contributed by atoms with E-state index < -0.39 is 0 Å². The van der Waals surface area contributed by atoms with E-state index in [1.54, 1.807) is 7.11 Å². The van der Waals surface area contributed by atoms with Crippen LogP contribution in [0.4, 0.5) is 0 Å². The number of piperazine rings is 1. The number of methoxy groups -OCH3 is 1. The minimum atomic E-state index is 0.949. The number of fused-ring (bicyclic) bond motifs is 1. The van der Waals surface area contributed by atoms with Gasteiger partial charge < -0.3 is 19.5 Å². The van der Waals surface area contributed by atoms with E-state index in [-0.39, 0.29) is 0 Å². The summed E-state index contributed by atoms with van der Waals surface area (Å²) in [5.74, 6) is 0.949. The zero-order valence-corrected chi connectivity index (χ0v) is 13.8. The first-order valence-electron chi connectivity index (χ1n) is 8.40. The Morgan fingerprint density at radius 1 is 1.23 bits per heavy atom. The third kappa shape index (κ3) is 3.28. The quantitative estimate of drug-likeness (QED) is 0.889. The van der Waals surface area contributed by atoms with Gasteiger partial charge in [-0.1, -0.05) is 0 Å². The summed E-state index contributed by atoms with van der Waals surface area (Å²) < 4.78 is 7.74. The fourth-order valence-corrected chi connectivity index (χ4v) is 3.37. The molecule has 1 fully saturated rings. The maximum absolute atomic E-state index is 5.40. The van der Waals surface area contributed by atoms with Gasteiger partial charge in [-0.25, -0.2) is 0 Å².